The Kier molecular flexibility index (Phi) is 4.19. The monoisotopic (exact) mass is 221 g/mol. The van der Waals surface area contributed by atoms with E-state index in [9.17, 15) is 0 Å². The van der Waals surface area contributed by atoms with Gasteiger partial charge in [-0.15, -0.1) is 0 Å². The van der Waals surface area contributed by atoms with E-state index in [1.54, 1.807) is 0 Å². The Balaban J connectivity index is 2.01. The third kappa shape index (κ3) is 2.97. The van der Waals surface area contributed by atoms with Crippen molar-refractivity contribution in [3.05, 3.63) is 29.8 Å². The molecule has 1 saturated heterocycles. The van der Waals surface area contributed by atoms with Gasteiger partial charge in [0.1, 0.15) is 5.75 Å². The van der Waals surface area contributed by atoms with Crippen molar-refractivity contribution in [3.8, 4) is 5.75 Å². The van der Waals surface area contributed by atoms with Crippen molar-refractivity contribution >= 4 is 0 Å². The summed E-state index contributed by atoms with van der Waals surface area (Å²) in [5, 5.41) is 3.38. The Hall–Kier alpha value is -1.06. The molecule has 1 aliphatic rings. The lowest BCUT2D eigenvalue weighted by Crippen LogP contribution is -2.19. The zero-order chi connectivity index (χ0) is 11.2. The molecule has 0 radical (unpaired) electrons. The molecule has 1 aromatic carbocycles. The van der Waals surface area contributed by atoms with Crippen molar-refractivity contribution in [3.63, 3.8) is 0 Å². The van der Waals surface area contributed by atoms with Crippen LogP contribution in [-0.2, 0) is 4.74 Å². The van der Waals surface area contributed by atoms with Crippen LogP contribution in [0.4, 0.5) is 0 Å². The second-order valence-corrected chi connectivity index (χ2v) is 3.92. The molecule has 3 nitrogen and oxygen atoms in total. The van der Waals surface area contributed by atoms with Crippen LogP contribution in [-0.4, -0.2) is 26.3 Å². The van der Waals surface area contributed by atoms with Crippen LogP contribution in [0.3, 0.4) is 0 Å². The molecule has 1 fully saturated rings. The summed E-state index contributed by atoms with van der Waals surface area (Å²) >= 11 is 0. The van der Waals surface area contributed by atoms with E-state index >= 15 is 0 Å². The van der Waals surface area contributed by atoms with Gasteiger partial charge in [0.25, 0.3) is 0 Å². The number of nitrogens with one attached hydrogen (secondary N) is 1. The predicted molar refractivity (Wildman–Crippen MR) is 63.8 cm³/mol. The summed E-state index contributed by atoms with van der Waals surface area (Å²) in [5.74, 6) is 0.924. The average Bonchev–Trinajstić information content (AvgIpc) is 2.59. The highest BCUT2D eigenvalue weighted by Crippen LogP contribution is 2.21. The zero-order valence-electron chi connectivity index (χ0n) is 9.74. The van der Waals surface area contributed by atoms with Crippen LogP contribution in [0.1, 0.15) is 25.0 Å². The molecule has 0 bridgehead atoms. The molecule has 1 atom stereocenters. The molecule has 0 aromatic heterocycles. The third-order valence-corrected chi connectivity index (χ3v) is 2.71. The fraction of sp³-hybridized carbons (Fsp3) is 0.538. The second kappa shape index (κ2) is 5.87. The molecule has 1 aliphatic heterocycles. The van der Waals surface area contributed by atoms with E-state index in [2.05, 4.69) is 17.4 Å². The van der Waals surface area contributed by atoms with Gasteiger partial charge in [0.15, 0.2) is 0 Å². The lowest BCUT2D eigenvalue weighted by molar-refractivity contribution is 0.0668. The van der Waals surface area contributed by atoms with E-state index in [1.165, 1.54) is 5.56 Å². The van der Waals surface area contributed by atoms with Crippen LogP contribution in [0.15, 0.2) is 24.3 Å². The maximum absolute atomic E-state index is 5.79. The maximum atomic E-state index is 5.79. The van der Waals surface area contributed by atoms with Gasteiger partial charge in [0.05, 0.1) is 12.7 Å². The molecule has 3 heteroatoms. The summed E-state index contributed by atoms with van der Waals surface area (Å²) in [5.41, 5.74) is 1.22. The van der Waals surface area contributed by atoms with E-state index in [1.807, 2.05) is 19.1 Å². The number of hydrogen-bond acceptors (Lipinski definition) is 3. The molecule has 1 aromatic rings. The van der Waals surface area contributed by atoms with Gasteiger partial charge in [-0.25, -0.2) is 0 Å². The maximum Gasteiger partial charge on any atom is 0.119 e. The summed E-state index contributed by atoms with van der Waals surface area (Å²) in [7, 11) is 0. The zero-order valence-corrected chi connectivity index (χ0v) is 9.74. The van der Waals surface area contributed by atoms with Crippen LogP contribution in [0, 0.1) is 0 Å². The molecule has 0 aliphatic carbocycles. The Labute approximate surface area is 96.8 Å². The summed E-state index contributed by atoms with van der Waals surface area (Å²) in [6.45, 7) is 5.49. The fourth-order valence-corrected chi connectivity index (χ4v) is 1.87. The SMILES string of the molecule is CCOc1ccc(C2CNCCCO2)cc1. The van der Waals surface area contributed by atoms with E-state index in [4.69, 9.17) is 9.47 Å². The lowest BCUT2D eigenvalue weighted by Gasteiger charge is -2.15. The van der Waals surface area contributed by atoms with Gasteiger partial charge in [0.2, 0.25) is 0 Å². The first-order valence-electron chi connectivity index (χ1n) is 5.95. The first-order valence-corrected chi connectivity index (χ1v) is 5.95. The number of ether oxygens (including phenoxy) is 2. The van der Waals surface area contributed by atoms with Crippen LogP contribution in [0.25, 0.3) is 0 Å². The molecule has 1 N–H and O–H groups in total. The molecular formula is C13H19NO2. The Bertz CT molecular complexity index is 302. The number of hydrogen-bond donors (Lipinski definition) is 1. The Morgan fingerprint density at radius 2 is 2.19 bits per heavy atom. The predicted octanol–water partition coefficient (Wildman–Crippen LogP) is 2.14. The van der Waals surface area contributed by atoms with Crippen LogP contribution in [0.5, 0.6) is 5.75 Å². The third-order valence-electron chi connectivity index (χ3n) is 2.71. The molecular weight excluding hydrogens is 202 g/mol. The molecule has 2 rings (SSSR count). The van der Waals surface area contributed by atoms with Crippen molar-refractivity contribution in [1.29, 1.82) is 0 Å². The van der Waals surface area contributed by atoms with E-state index in [-0.39, 0.29) is 6.10 Å². The molecule has 1 unspecified atom stereocenters. The smallest absolute Gasteiger partial charge is 0.119 e. The van der Waals surface area contributed by atoms with Crippen molar-refractivity contribution in [2.75, 3.05) is 26.3 Å². The van der Waals surface area contributed by atoms with Gasteiger partial charge in [0, 0.05) is 13.2 Å². The summed E-state index contributed by atoms with van der Waals surface area (Å²) in [4.78, 5) is 0. The summed E-state index contributed by atoms with van der Waals surface area (Å²) in [6.07, 6.45) is 1.27. The van der Waals surface area contributed by atoms with Gasteiger partial charge in [-0.05, 0) is 37.6 Å². The highest BCUT2D eigenvalue weighted by Gasteiger charge is 2.14. The normalized spacial score (nSPS) is 21.4. The van der Waals surface area contributed by atoms with Gasteiger partial charge in [-0.2, -0.15) is 0 Å². The molecule has 16 heavy (non-hydrogen) atoms. The standard InChI is InChI=1S/C13H19NO2/c1-2-15-12-6-4-11(5-7-12)13-10-14-8-3-9-16-13/h4-7,13-14H,2-3,8-10H2,1H3. The molecule has 88 valence electrons. The van der Waals surface area contributed by atoms with E-state index in [0.717, 1.165) is 31.9 Å². The second-order valence-electron chi connectivity index (χ2n) is 3.92. The Morgan fingerprint density at radius 1 is 1.38 bits per heavy atom. The van der Waals surface area contributed by atoms with Gasteiger partial charge < -0.3 is 14.8 Å². The van der Waals surface area contributed by atoms with Gasteiger partial charge in [-0.3, -0.25) is 0 Å². The largest absolute Gasteiger partial charge is 0.494 e. The molecule has 0 saturated carbocycles. The van der Waals surface area contributed by atoms with Gasteiger partial charge >= 0.3 is 0 Å². The highest BCUT2D eigenvalue weighted by atomic mass is 16.5. The van der Waals surface area contributed by atoms with Crippen molar-refractivity contribution in [1.82, 2.24) is 5.32 Å². The number of benzene rings is 1. The lowest BCUT2D eigenvalue weighted by atomic mass is 10.1. The minimum absolute atomic E-state index is 0.179. The topological polar surface area (TPSA) is 30.5 Å². The van der Waals surface area contributed by atoms with Gasteiger partial charge in [-0.1, -0.05) is 12.1 Å². The Morgan fingerprint density at radius 3 is 2.94 bits per heavy atom. The fourth-order valence-electron chi connectivity index (χ4n) is 1.87. The van der Waals surface area contributed by atoms with Crippen molar-refractivity contribution in [2.24, 2.45) is 0 Å². The van der Waals surface area contributed by atoms with Crippen molar-refractivity contribution in [2.45, 2.75) is 19.4 Å². The quantitative estimate of drug-likeness (QED) is 0.848. The molecule has 1 heterocycles. The summed E-state index contributed by atoms with van der Waals surface area (Å²) < 4.78 is 11.2. The molecule has 0 spiro atoms. The minimum atomic E-state index is 0.179. The highest BCUT2D eigenvalue weighted by molar-refractivity contribution is 5.28. The van der Waals surface area contributed by atoms with Crippen molar-refractivity contribution < 1.29 is 9.47 Å². The van der Waals surface area contributed by atoms with E-state index in [0.29, 0.717) is 6.61 Å². The van der Waals surface area contributed by atoms with Crippen LogP contribution < -0.4 is 10.1 Å². The van der Waals surface area contributed by atoms with Crippen LogP contribution >= 0.6 is 0 Å². The minimum Gasteiger partial charge on any atom is -0.494 e. The average molecular weight is 221 g/mol. The number of rotatable bonds is 3. The molecule has 0 amide bonds. The van der Waals surface area contributed by atoms with Crippen LogP contribution in [0.2, 0.25) is 0 Å². The first-order chi connectivity index (χ1) is 7.90. The van der Waals surface area contributed by atoms with E-state index < -0.39 is 0 Å². The summed E-state index contributed by atoms with van der Waals surface area (Å²) in [6, 6.07) is 8.19. The first kappa shape index (κ1) is 11.4.